The highest BCUT2D eigenvalue weighted by atomic mass is 16.5. The van der Waals surface area contributed by atoms with E-state index in [9.17, 15) is 5.26 Å². The summed E-state index contributed by atoms with van der Waals surface area (Å²) >= 11 is 0. The van der Waals surface area contributed by atoms with Crippen LogP contribution in [0.25, 0.3) is 16.6 Å². The van der Waals surface area contributed by atoms with E-state index in [1.807, 2.05) is 36.7 Å². The van der Waals surface area contributed by atoms with E-state index in [2.05, 4.69) is 32.0 Å². The molecule has 0 aliphatic carbocycles. The number of hydrogen-bond acceptors (Lipinski definition) is 7. The van der Waals surface area contributed by atoms with Crippen molar-refractivity contribution < 1.29 is 8.85 Å². The molecule has 2 bridgehead atoms. The Morgan fingerprint density at radius 1 is 1.12 bits per heavy atom. The van der Waals surface area contributed by atoms with E-state index >= 15 is 0 Å². The van der Waals surface area contributed by atoms with Gasteiger partial charge in [0.25, 0.3) is 0 Å². The molecule has 0 spiro atoms. The molecule has 7 heterocycles. The SMILES string of the molecule is [2H]C([2H])([2H])Oc1ccc(CN2C3CC2CN(c2ccc(-c4cccn5ncc(C#N)c45)cn2)C3)cn1. The molecule has 33 heavy (non-hydrogen) atoms. The van der Waals surface area contributed by atoms with Gasteiger partial charge in [-0.25, -0.2) is 14.5 Å². The molecule has 3 fully saturated rings. The van der Waals surface area contributed by atoms with E-state index in [-0.39, 0.29) is 5.88 Å². The van der Waals surface area contributed by atoms with Crippen LogP contribution in [-0.4, -0.2) is 56.7 Å². The lowest BCUT2D eigenvalue weighted by atomic mass is 9.87. The number of ether oxygens (including phenoxy) is 1. The third-order valence-corrected chi connectivity index (χ3v) is 6.66. The molecule has 8 heteroatoms. The summed E-state index contributed by atoms with van der Waals surface area (Å²) in [5, 5.41) is 13.7. The number of pyridine rings is 3. The summed E-state index contributed by atoms with van der Waals surface area (Å²) in [5.74, 6) is 1.05. The molecule has 3 saturated heterocycles. The highest BCUT2D eigenvalue weighted by molar-refractivity contribution is 5.84. The number of nitriles is 1. The maximum Gasteiger partial charge on any atom is 0.212 e. The highest BCUT2D eigenvalue weighted by Gasteiger charge is 2.44. The van der Waals surface area contributed by atoms with Crippen molar-refractivity contribution in [3.63, 3.8) is 0 Å². The van der Waals surface area contributed by atoms with Crippen LogP contribution in [0.2, 0.25) is 0 Å². The minimum atomic E-state index is -2.49. The van der Waals surface area contributed by atoms with Crippen molar-refractivity contribution in [3.8, 4) is 23.1 Å². The second-order valence-corrected chi connectivity index (χ2v) is 8.52. The molecule has 2 unspecified atom stereocenters. The summed E-state index contributed by atoms with van der Waals surface area (Å²) < 4.78 is 28.1. The Balaban J connectivity index is 1.12. The Bertz CT molecular complexity index is 1430. The van der Waals surface area contributed by atoms with Crippen LogP contribution >= 0.6 is 0 Å². The molecule has 8 nitrogen and oxygen atoms in total. The standard InChI is InChI=1S/C25H23N7O/c1-33-24-7-4-17(11-28-24)14-31-20-9-21(31)16-30(15-20)23-6-5-18(12-27-23)22-3-2-8-32-25(22)19(10-26)13-29-32/h2-8,11-13,20-21H,9,14-16H2,1H3/i1D3. The smallest absolute Gasteiger partial charge is 0.212 e. The van der Waals surface area contributed by atoms with Crippen LogP contribution in [0.5, 0.6) is 5.88 Å². The molecule has 0 N–H and O–H groups in total. The van der Waals surface area contributed by atoms with Crippen LogP contribution in [0.4, 0.5) is 5.82 Å². The number of nitrogens with zero attached hydrogens (tertiary/aromatic N) is 7. The molecule has 0 aromatic carbocycles. The Hall–Kier alpha value is -3.96. The number of aromatic nitrogens is 4. The monoisotopic (exact) mass is 440 g/mol. The summed E-state index contributed by atoms with van der Waals surface area (Å²) in [4.78, 5) is 13.7. The summed E-state index contributed by atoms with van der Waals surface area (Å²) in [5.41, 5.74) is 4.24. The zero-order chi connectivity index (χ0) is 24.9. The average molecular weight is 441 g/mol. The lowest BCUT2D eigenvalue weighted by molar-refractivity contribution is -0.00876. The largest absolute Gasteiger partial charge is 0.481 e. The van der Waals surface area contributed by atoms with Gasteiger partial charge in [0.2, 0.25) is 5.88 Å². The minimum absolute atomic E-state index is 0.108. The average Bonchev–Trinajstić information content (AvgIpc) is 3.31. The maximum absolute atomic E-state index is 9.45. The van der Waals surface area contributed by atoms with Gasteiger partial charge >= 0.3 is 0 Å². The summed E-state index contributed by atoms with van der Waals surface area (Å²) in [6, 6.07) is 14.6. The Kier molecular flexibility index (Phi) is 3.97. The van der Waals surface area contributed by atoms with Crippen LogP contribution < -0.4 is 9.64 Å². The quantitative estimate of drug-likeness (QED) is 0.471. The van der Waals surface area contributed by atoms with Crippen molar-refractivity contribution in [2.24, 2.45) is 0 Å². The summed E-state index contributed by atoms with van der Waals surface area (Å²) in [7, 11) is -2.49. The van der Waals surface area contributed by atoms with Crippen LogP contribution in [-0.2, 0) is 6.54 Å². The molecular formula is C25H23N7O. The van der Waals surface area contributed by atoms with Crippen LogP contribution in [0.3, 0.4) is 0 Å². The first kappa shape index (κ1) is 16.6. The number of piperidine rings is 1. The first-order valence-corrected chi connectivity index (χ1v) is 10.9. The topological polar surface area (TPSA) is 82.6 Å². The van der Waals surface area contributed by atoms with Gasteiger partial charge in [0.15, 0.2) is 0 Å². The third kappa shape index (κ3) is 3.38. The second-order valence-electron chi connectivity index (χ2n) is 8.52. The summed E-state index contributed by atoms with van der Waals surface area (Å²) in [6.07, 6.45) is 8.13. The van der Waals surface area contributed by atoms with E-state index in [0.29, 0.717) is 17.6 Å². The predicted molar refractivity (Wildman–Crippen MR) is 124 cm³/mol. The molecule has 0 amide bonds. The van der Waals surface area contributed by atoms with Crippen molar-refractivity contribution >= 4 is 11.3 Å². The van der Waals surface area contributed by atoms with Gasteiger partial charge in [-0.05, 0) is 30.2 Å². The normalized spacial score (nSPS) is 21.5. The van der Waals surface area contributed by atoms with Gasteiger partial charge in [-0.3, -0.25) is 4.90 Å². The molecule has 7 rings (SSSR count). The highest BCUT2D eigenvalue weighted by Crippen LogP contribution is 2.36. The van der Waals surface area contributed by atoms with Crippen molar-refractivity contribution in [1.82, 2.24) is 24.5 Å². The van der Waals surface area contributed by atoms with Crippen molar-refractivity contribution in [2.45, 2.75) is 25.0 Å². The Morgan fingerprint density at radius 3 is 2.76 bits per heavy atom. The number of anilines is 1. The van der Waals surface area contributed by atoms with E-state index in [1.165, 1.54) is 0 Å². The third-order valence-electron chi connectivity index (χ3n) is 6.66. The number of hydrogen-bond donors (Lipinski definition) is 0. The van der Waals surface area contributed by atoms with Gasteiger partial charge in [0.05, 0.1) is 28.4 Å². The molecule has 0 saturated carbocycles. The van der Waals surface area contributed by atoms with E-state index in [4.69, 9.17) is 13.8 Å². The summed E-state index contributed by atoms with van der Waals surface area (Å²) in [6.45, 7) is 2.56. The fourth-order valence-electron chi connectivity index (χ4n) is 5.00. The van der Waals surface area contributed by atoms with Crippen molar-refractivity contribution in [1.29, 1.82) is 5.26 Å². The second kappa shape index (κ2) is 7.87. The fourth-order valence-corrected chi connectivity index (χ4v) is 5.00. The molecular weight excluding hydrogens is 414 g/mol. The molecule has 0 radical (unpaired) electrons. The molecule has 3 aliphatic heterocycles. The predicted octanol–water partition coefficient (Wildman–Crippen LogP) is 3.13. The van der Waals surface area contributed by atoms with Gasteiger partial charge < -0.3 is 9.64 Å². The van der Waals surface area contributed by atoms with Crippen LogP contribution in [0.1, 0.15) is 21.7 Å². The van der Waals surface area contributed by atoms with Crippen molar-refractivity contribution in [2.75, 3.05) is 25.0 Å². The van der Waals surface area contributed by atoms with Gasteiger partial charge in [-0.1, -0.05) is 12.1 Å². The van der Waals surface area contributed by atoms with E-state index < -0.39 is 7.04 Å². The Labute approximate surface area is 195 Å². The fraction of sp³-hybridized carbons (Fsp3) is 0.280. The number of methoxy groups -OCH3 is 1. The number of rotatable bonds is 5. The van der Waals surface area contributed by atoms with Gasteiger partial charge in [0, 0.05) is 67.5 Å². The van der Waals surface area contributed by atoms with Crippen LogP contribution in [0.15, 0.2) is 61.2 Å². The minimum Gasteiger partial charge on any atom is -0.481 e. The lowest BCUT2D eigenvalue weighted by Crippen LogP contribution is -2.68. The number of piperazine rings is 1. The zero-order valence-corrected chi connectivity index (χ0v) is 17.8. The lowest BCUT2D eigenvalue weighted by Gasteiger charge is -2.56. The zero-order valence-electron chi connectivity index (χ0n) is 20.8. The molecule has 164 valence electrons. The van der Waals surface area contributed by atoms with Gasteiger partial charge in [0.1, 0.15) is 11.9 Å². The molecule has 2 atom stereocenters. The van der Waals surface area contributed by atoms with Crippen molar-refractivity contribution in [3.05, 3.63) is 72.3 Å². The van der Waals surface area contributed by atoms with Gasteiger partial charge in [-0.15, -0.1) is 0 Å². The first-order chi connectivity index (χ1) is 17.4. The molecule has 3 aliphatic rings. The maximum atomic E-state index is 9.45. The molecule has 4 aromatic heterocycles. The molecule has 4 aromatic rings. The van der Waals surface area contributed by atoms with E-state index in [0.717, 1.165) is 54.1 Å². The Morgan fingerprint density at radius 2 is 2.03 bits per heavy atom. The van der Waals surface area contributed by atoms with E-state index in [1.54, 1.807) is 23.0 Å². The number of fused-ring (bicyclic) bond motifs is 3. The first-order valence-electron chi connectivity index (χ1n) is 12.4. The van der Waals surface area contributed by atoms with Gasteiger partial charge in [-0.2, -0.15) is 10.4 Å². The van der Waals surface area contributed by atoms with Crippen LogP contribution in [0, 0.1) is 11.3 Å².